The van der Waals surface area contributed by atoms with Crippen LogP contribution in [0.4, 0.5) is 0 Å². The molecule has 0 unspecified atom stereocenters. The standard InChI is InChI=1S/C12H22N2/c1-4-13-8-10-14(11-9-13)7-5-6-12(2)3/h5-7H,4,8-11H2,1-3H3/b7-5+. The van der Waals surface area contributed by atoms with E-state index in [0.717, 1.165) is 0 Å². The van der Waals surface area contributed by atoms with Gasteiger partial charge in [0.2, 0.25) is 0 Å². The van der Waals surface area contributed by atoms with Gasteiger partial charge in [-0.05, 0) is 32.7 Å². The fraction of sp³-hybridized carbons (Fsp3) is 0.667. The lowest BCUT2D eigenvalue weighted by atomic mass is 10.3. The van der Waals surface area contributed by atoms with E-state index in [1.54, 1.807) is 0 Å². The van der Waals surface area contributed by atoms with Crippen LogP contribution in [-0.2, 0) is 0 Å². The van der Waals surface area contributed by atoms with Gasteiger partial charge in [-0.1, -0.05) is 18.6 Å². The van der Waals surface area contributed by atoms with Crippen LogP contribution in [0, 0.1) is 0 Å². The van der Waals surface area contributed by atoms with E-state index >= 15 is 0 Å². The molecule has 0 spiro atoms. The highest BCUT2D eigenvalue weighted by molar-refractivity contribution is 5.08. The van der Waals surface area contributed by atoms with Gasteiger partial charge in [-0.2, -0.15) is 0 Å². The van der Waals surface area contributed by atoms with Gasteiger partial charge in [0, 0.05) is 26.2 Å². The maximum Gasteiger partial charge on any atom is 0.0300 e. The molecule has 0 amide bonds. The van der Waals surface area contributed by atoms with Crippen molar-refractivity contribution in [2.24, 2.45) is 0 Å². The van der Waals surface area contributed by atoms with Gasteiger partial charge in [-0.3, -0.25) is 0 Å². The number of hydrogen-bond donors (Lipinski definition) is 0. The molecule has 0 bridgehead atoms. The van der Waals surface area contributed by atoms with Gasteiger partial charge in [0.25, 0.3) is 0 Å². The highest BCUT2D eigenvalue weighted by Crippen LogP contribution is 2.01. The highest BCUT2D eigenvalue weighted by atomic mass is 15.2. The Hall–Kier alpha value is -0.760. The monoisotopic (exact) mass is 194 g/mol. The van der Waals surface area contributed by atoms with E-state index in [0.29, 0.717) is 0 Å². The average Bonchev–Trinajstić information content (AvgIpc) is 2.18. The summed E-state index contributed by atoms with van der Waals surface area (Å²) >= 11 is 0. The van der Waals surface area contributed by atoms with Crippen LogP contribution in [0.5, 0.6) is 0 Å². The maximum atomic E-state index is 2.49. The molecule has 1 rings (SSSR count). The molecule has 14 heavy (non-hydrogen) atoms. The molecule has 0 aliphatic carbocycles. The summed E-state index contributed by atoms with van der Waals surface area (Å²) in [6, 6.07) is 0. The summed E-state index contributed by atoms with van der Waals surface area (Å²) < 4.78 is 0. The third-order valence-electron chi connectivity index (χ3n) is 2.58. The second kappa shape index (κ2) is 5.86. The SMILES string of the molecule is CCN1CCN(/C=C/C=C(C)C)CC1. The number of likely N-dealkylation sites (N-methyl/N-ethyl adjacent to an activating group) is 1. The molecule has 2 nitrogen and oxygen atoms in total. The van der Waals surface area contributed by atoms with E-state index in [-0.39, 0.29) is 0 Å². The lowest BCUT2D eigenvalue weighted by Gasteiger charge is -2.33. The number of hydrogen-bond acceptors (Lipinski definition) is 2. The molecule has 0 atom stereocenters. The topological polar surface area (TPSA) is 6.48 Å². The molecule has 0 N–H and O–H groups in total. The number of nitrogens with zero attached hydrogens (tertiary/aromatic N) is 2. The minimum atomic E-state index is 1.17. The predicted octanol–water partition coefficient (Wildman–Crippen LogP) is 2.10. The third-order valence-corrected chi connectivity index (χ3v) is 2.58. The lowest BCUT2D eigenvalue weighted by molar-refractivity contribution is 0.175. The van der Waals surface area contributed by atoms with Gasteiger partial charge in [0.05, 0.1) is 0 Å². The Labute approximate surface area is 87.9 Å². The van der Waals surface area contributed by atoms with Gasteiger partial charge in [-0.15, -0.1) is 0 Å². The Bertz CT molecular complexity index is 206. The minimum absolute atomic E-state index is 1.17. The molecule has 1 aliphatic heterocycles. The Morgan fingerprint density at radius 1 is 1.14 bits per heavy atom. The zero-order valence-corrected chi connectivity index (χ0v) is 9.66. The molecule has 0 radical (unpaired) electrons. The van der Waals surface area contributed by atoms with Crippen molar-refractivity contribution in [3.05, 3.63) is 23.9 Å². The van der Waals surface area contributed by atoms with Gasteiger partial charge >= 0.3 is 0 Å². The van der Waals surface area contributed by atoms with E-state index in [4.69, 9.17) is 0 Å². The summed E-state index contributed by atoms with van der Waals surface area (Å²) in [6.45, 7) is 12.4. The minimum Gasteiger partial charge on any atom is -0.375 e. The van der Waals surface area contributed by atoms with Gasteiger partial charge in [0.15, 0.2) is 0 Å². The van der Waals surface area contributed by atoms with E-state index in [1.165, 1.54) is 38.3 Å². The van der Waals surface area contributed by atoms with Crippen LogP contribution in [0.3, 0.4) is 0 Å². The summed E-state index contributed by atoms with van der Waals surface area (Å²) in [5, 5.41) is 0. The highest BCUT2D eigenvalue weighted by Gasteiger charge is 2.11. The third kappa shape index (κ3) is 3.97. The molecule has 1 saturated heterocycles. The molecule has 0 saturated carbocycles. The Morgan fingerprint density at radius 2 is 1.79 bits per heavy atom. The first kappa shape index (κ1) is 11.3. The van der Waals surface area contributed by atoms with Crippen LogP contribution < -0.4 is 0 Å². The second-order valence-corrected chi connectivity index (χ2v) is 4.06. The van der Waals surface area contributed by atoms with Crippen LogP contribution in [0.1, 0.15) is 20.8 Å². The Morgan fingerprint density at radius 3 is 2.29 bits per heavy atom. The van der Waals surface area contributed by atoms with Crippen molar-refractivity contribution < 1.29 is 0 Å². The zero-order chi connectivity index (χ0) is 10.4. The summed E-state index contributed by atoms with van der Waals surface area (Å²) in [5.74, 6) is 0. The second-order valence-electron chi connectivity index (χ2n) is 4.06. The molecule has 1 aliphatic rings. The first-order chi connectivity index (χ1) is 6.72. The Kier molecular flexibility index (Phi) is 4.74. The van der Waals surface area contributed by atoms with E-state index in [1.807, 2.05) is 0 Å². The molecule has 1 fully saturated rings. The molecule has 0 aromatic rings. The lowest BCUT2D eigenvalue weighted by Crippen LogP contribution is -2.43. The average molecular weight is 194 g/mol. The van der Waals surface area contributed by atoms with Crippen molar-refractivity contribution in [2.45, 2.75) is 20.8 Å². The van der Waals surface area contributed by atoms with Crippen LogP contribution in [0.2, 0.25) is 0 Å². The molecule has 80 valence electrons. The van der Waals surface area contributed by atoms with E-state index in [2.05, 4.69) is 48.9 Å². The van der Waals surface area contributed by atoms with Crippen molar-refractivity contribution in [2.75, 3.05) is 32.7 Å². The molecule has 0 aromatic heterocycles. The van der Waals surface area contributed by atoms with Crippen molar-refractivity contribution in [3.8, 4) is 0 Å². The smallest absolute Gasteiger partial charge is 0.0300 e. The van der Waals surface area contributed by atoms with Gasteiger partial charge < -0.3 is 9.80 Å². The fourth-order valence-corrected chi connectivity index (χ4v) is 1.59. The summed E-state index contributed by atoms with van der Waals surface area (Å²) in [5.41, 5.74) is 1.36. The first-order valence-electron chi connectivity index (χ1n) is 5.50. The molecular weight excluding hydrogens is 172 g/mol. The zero-order valence-electron chi connectivity index (χ0n) is 9.66. The van der Waals surface area contributed by atoms with Crippen LogP contribution in [0.15, 0.2) is 23.9 Å². The maximum absolute atomic E-state index is 2.49. The van der Waals surface area contributed by atoms with E-state index < -0.39 is 0 Å². The van der Waals surface area contributed by atoms with Crippen molar-refractivity contribution in [3.63, 3.8) is 0 Å². The van der Waals surface area contributed by atoms with Gasteiger partial charge in [0.1, 0.15) is 0 Å². The number of rotatable bonds is 3. The summed E-state index contributed by atoms with van der Waals surface area (Å²) in [7, 11) is 0. The summed E-state index contributed by atoms with van der Waals surface area (Å²) in [6.07, 6.45) is 6.52. The summed E-state index contributed by atoms with van der Waals surface area (Å²) in [4.78, 5) is 4.89. The molecule has 0 aromatic carbocycles. The van der Waals surface area contributed by atoms with Crippen molar-refractivity contribution >= 4 is 0 Å². The van der Waals surface area contributed by atoms with Crippen molar-refractivity contribution in [1.29, 1.82) is 0 Å². The fourth-order valence-electron chi connectivity index (χ4n) is 1.59. The van der Waals surface area contributed by atoms with Crippen molar-refractivity contribution in [1.82, 2.24) is 9.80 Å². The van der Waals surface area contributed by atoms with Gasteiger partial charge in [-0.25, -0.2) is 0 Å². The normalized spacial score (nSPS) is 18.9. The quantitative estimate of drug-likeness (QED) is 0.635. The van der Waals surface area contributed by atoms with Crippen LogP contribution in [-0.4, -0.2) is 42.5 Å². The largest absolute Gasteiger partial charge is 0.375 e. The molecular formula is C12H22N2. The van der Waals surface area contributed by atoms with E-state index in [9.17, 15) is 0 Å². The molecule has 2 heteroatoms. The van der Waals surface area contributed by atoms with Crippen LogP contribution >= 0.6 is 0 Å². The Balaban J connectivity index is 2.28. The first-order valence-corrected chi connectivity index (χ1v) is 5.50. The van der Waals surface area contributed by atoms with Crippen LogP contribution in [0.25, 0.3) is 0 Å². The number of allylic oxidation sites excluding steroid dienone is 3. The number of piperazine rings is 1. The predicted molar refractivity (Wildman–Crippen MR) is 62.3 cm³/mol. The molecule has 1 heterocycles.